The number of aryl methyl sites for hydroxylation is 1. The van der Waals surface area contributed by atoms with Crippen LogP contribution in [0.5, 0.6) is 0 Å². The van der Waals surface area contributed by atoms with Crippen LogP contribution in [0.3, 0.4) is 0 Å². The maximum Gasteiger partial charge on any atom is 0.283 e. The first-order chi connectivity index (χ1) is 16.5. The van der Waals surface area contributed by atoms with Crippen LogP contribution in [0.15, 0.2) is 77.2 Å². The highest BCUT2D eigenvalue weighted by Gasteiger charge is 2.22. The van der Waals surface area contributed by atoms with Gasteiger partial charge in [0.25, 0.3) is 5.91 Å². The second-order valence-electron chi connectivity index (χ2n) is 7.67. The number of nitrogens with two attached hydrogens (primary N) is 1. The van der Waals surface area contributed by atoms with E-state index >= 15 is 0 Å². The molecular formula is C26H19ClN4OS2. The Morgan fingerprint density at radius 3 is 2.59 bits per heavy atom. The smallest absolute Gasteiger partial charge is 0.283 e. The van der Waals surface area contributed by atoms with E-state index in [2.05, 4.69) is 10.5 Å². The largest absolute Gasteiger partial charge is 0.397 e. The van der Waals surface area contributed by atoms with Gasteiger partial charge in [0, 0.05) is 26.4 Å². The molecule has 0 saturated heterocycles. The number of pyridine rings is 1. The summed E-state index contributed by atoms with van der Waals surface area (Å²) in [4.78, 5) is 19.9. The standard InChI is InChI=1S/C26H19ClN4OS2/c1-15-4-6-16(7-5-15)14-29-31-25(32)24-23(28)22-19(21-3-2-12-33-21)13-20(30-26(22)34-24)17-8-10-18(27)11-9-17/h2-14H,28H2,1H3,(H,31,32)/b29-14+. The zero-order valence-electron chi connectivity index (χ0n) is 18.1. The average Bonchev–Trinajstić information content (AvgIpc) is 3.49. The number of halogens is 1. The van der Waals surface area contributed by atoms with Gasteiger partial charge in [0.05, 0.1) is 17.6 Å². The van der Waals surface area contributed by atoms with E-state index in [4.69, 9.17) is 22.3 Å². The number of carbonyl (C=O) groups is 1. The molecule has 5 aromatic rings. The molecule has 1 amide bonds. The van der Waals surface area contributed by atoms with Crippen molar-refractivity contribution in [2.45, 2.75) is 6.92 Å². The van der Waals surface area contributed by atoms with Crippen LogP contribution >= 0.6 is 34.3 Å². The first-order valence-electron chi connectivity index (χ1n) is 10.4. The lowest BCUT2D eigenvalue weighted by atomic mass is 10.0. The van der Waals surface area contributed by atoms with Crippen molar-refractivity contribution in [3.05, 3.63) is 93.1 Å². The minimum absolute atomic E-state index is 0.367. The van der Waals surface area contributed by atoms with Crippen LogP contribution < -0.4 is 11.2 Å². The van der Waals surface area contributed by atoms with E-state index in [-0.39, 0.29) is 5.91 Å². The van der Waals surface area contributed by atoms with Gasteiger partial charge in [-0.15, -0.1) is 22.7 Å². The number of carbonyl (C=O) groups excluding carboxylic acids is 1. The van der Waals surface area contributed by atoms with Crippen molar-refractivity contribution in [3.63, 3.8) is 0 Å². The summed E-state index contributed by atoms with van der Waals surface area (Å²) in [5.74, 6) is -0.367. The Kier molecular flexibility index (Phi) is 6.15. The summed E-state index contributed by atoms with van der Waals surface area (Å²) in [6.45, 7) is 2.02. The Hall–Kier alpha value is -3.52. The molecule has 5 rings (SSSR count). The topological polar surface area (TPSA) is 80.4 Å². The van der Waals surface area contributed by atoms with Crippen LogP contribution in [-0.2, 0) is 0 Å². The summed E-state index contributed by atoms with van der Waals surface area (Å²) in [5.41, 5.74) is 14.2. The van der Waals surface area contributed by atoms with E-state index < -0.39 is 0 Å². The van der Waals surface area contributed by atoms with Gasteiger partial charge >= 0.3 is 0 Å². The highest BCUT2D eigenvalue weighted by molar-refractivity contribution is 7.21. The molecule has 0 radical (unpaired) electrons. The maximum atomic E-state index is 12.9. The molecule has 0 fully saturated rings. The van der Waals surface area contributed by atoms with Crippen LogP contribution in [0.2, 0.25) is 5.02 Å². The number of nitrogen functional groups attached to an aromatic ring is 1. The third kappa shape index (κ3) is 4.46. The molecule has 8 heteroatoms. The van der Waals surface area contributed by atoms with Gasteiger partial charge in [-0.3, -0.25) is 4.79 Å². The summed E-state index contributed by atoms with van der Waals surface area (Å²) in [6.07, 6.45) is 1.61. The third-order valence-corrected chi connectivity index (χ3v) is 7.54. The van der Waals surface area contributed by atoms with Gasteiger partial charge in [0.2, 0.25) is 0 Å². The van der Waals surface area contributed by atoms with Crippen LogP contribution in [0.4, 0.5) is 5.69 Å². The molecule has 0 saturated carbocycles. The number of hydrazone groups is 1. The molecule has 0 aliphatic carbocycles. The van der Waals surface area contributed by atoms with Gasteiger partial charge in [-0.2, -0.15) is 5.10 Å². The number of benzene rings is 2. The lowest BCUT2D eigenvalue weighted by Gasteiger charge is -2.07. The molecule has 0 aliphatic rings. The molecule has 168 valence electrons. The predicted octanol–water partition coefficient (Wildman–Crippen LogP) is 7.00. The van der Waals surface area contributed by atoms with Crippen LogP contribution in [0.25, 0.3) is 31.9 Å². The highest BCUT2D eigenvalue weighted by Crippen LogP contribution is 2.42. The molecular weight excluding hydrogens is 484 g/mol. The maximum absolute atomic E-state index is 12.9. The summed E-state index contributed by atoms with van der Waals surface area (Å²) in [6, 6.07) is 21.4. The molecule has 5 nitrogen and oxygen atoms in total. The van der Waals surface area contributed by atoms with E-state index in [9.17, 15) is 4.79 Å². The van der Waals surface area contributed by atoms with Gasteiger partial charge in [-0.05, 0) is 42.1 Å². The van der Waals surface area contributed by atoms with Crippen molar-refractivity contribution in [2.24, 2.45) is 5.10 Å². The number of thiophene rings is 2. The number of amides is 1. The molecule has 34 heavy (non-hydrogen) atoms. The number of fused-ring (bicyclic) bond motifs is 1. The average molecular weight is 503 g/mol. The number of hydrogen-bond acceptors (Lipinski definition) is 6. The Bertz CT molecular complexity index is 1510. The van der Waals surface area contributed by atoms with Crippen molar-refractivity contribution in [3.8, 4) is 21.7 Å². The van der Waals surface area contributed by atoms with Crippen LogP contribution in [-0.4, -0.2) is 17.1 Å². The summed E-state index contributed by atoms with van der Waals surface area (Å²) in [7, 11) is 0. The molecule has 0 aliphatic heterocycles. The molecule has 0 bridgehead atoms. The Labute approximate surface area is 209 Å². The van der Waals surface area contributed by atoms with Crippen molar-refractivity contribution in [1.29, 1.82) is 0 Å². The van der Waals surface area contributed by atoms with Crippen molar-refractivity contribution < 1.29 is 4.79 Å². The summed E-state index contributed by atoms with van der Waals surface area (Å²) in [5, 5.41) is 7.55. The lowest BCUT2D eigenvalue weighted by Crippen LogP contribution is -2.17. The fourth-order valence-electron chi connectivity index (χ4n) is 3.55. The van der Waals surface area contributed by atoms with Crippen LogP contribution in [0.1, 0.15) is 20.8 Å². The van der Waals surface area contributed by atoms with Crippen molar-refractivity contribution >= 4 is 62.3 Å². The number of aromatic nitrogens is 1. The third-order valence-electron chi connectivity index (χ3n) is 5.29. The molecule has 0 unspecified atom stereocenters. The molecule has 3 aromatic heterocycles. The van der Waals surface area contributed by atoms with E-state index in [1.165, 1.54) is 11.3 Å². The van der Waals surface area contributed by atoms with Crippen molar-refractivity contribution in [2.75, 3.05) is 5.73 Å². The summed E-state index contributed by atoms with van der Waals surface area (Å²) < 4.78 is 0. The zero-order chi connectivity index (χ0) is 23.7. The first-order valence-corrected chi connectivity index (χ1v) is 12.5. The van der Waals surface area contributed by atoms with Gasteiger partial charge < -0.3 is 5.73 Å². The number of nitrogens with zero attached hydrogens (tertiary/aromatic N) is 2. The van der Waals surface area contributed by atoms with Gasteiger partial charge in [0.1, 0.15) is 9.71 Å². The number of hydrogen-bond donors (Lipinski definition) is 2. The fourth-order valence-corrected chi connectivity index (χ4v) is 5.44. The molecule has 0 spiro atoms. The normalized spacial score (nSPS) is 11.4. The van der Waals surface area contributed by atoms with Gasteiger partial charge in [-0.1, -0.05) is 59.6 Å². The summed E-state index contributed by atoms with van der Waals surface area (Å²) >= 11 is 8.94. The SMILES string of the molecule is Cc1ccc(/C=N/NC(=O)c2sc3nc(-c4ccc(Cl)cc4)cc(-c4cccs4)c3c2N)cc1. The van der Waals surface area contributed by atoms with Gasteiger partial charge in [0.15, 0.2) is 0 Å². The highest BCUT2D eigenvalue weighted by atomic mass is 35.5. The zero-order valence-corrected chi connectivity index (χ0v) is 20.5. The lowest BCUT2D eigenvalue weighted by molar-refractivity contribution is 0.0960. The first kappa shape index (κ1) is 22.3. The fraction of sp³-hybridized carbons (Fsp3) is 0.0385. The molecule has 2 aromatic carbocycles. The predicted molar refractivity (Wildman–Crippen MR) is 144 cm³/mol. The number of nitrogens with one attached hydrogen (secondary N) is 1. The number of rotatable bonds is 5. The molecule has 0 atom stereocenters. The van der Waals surface area contributed by atoms with Gasteiger partial charge in [-0.25, -0.2) is 10.4 Å². The van der Waals surface area contributed by atoms with Crippen LogP contribution in [0, 0.1) is 6.92 Å². The number of anilines is 1. The van der Waals surface area contributed by atoms with Crippen molar-refractivity contribution in [1.82, 2.24) is 10.4 Å². The Morgan fingerprint density at radius 1 is 1.12 bits per heavy atom. The second-order valence-corrected chi connectivity index (χ2v) is 10.1. The molecule has 3 N–H and O–H groups in total. The van der Waals surface area contributed by atoms with E-state index in [1.807, 2.05) is 79.0 Å². The second kappa shape index (κ2) is 9.38. The van der Waals surface area contributed by atoms with E-state index in [1.54, 1.807) is 17.6 Å². The minimum Gasteiger partial charge on any atom is -0.397 e. The Balaban J connectivity index is 1.54. The monoisotopic (exact) mass is 502 g/mol. The van der Waals surface area contributed by atoms with E-state index in [0.29, 0.717) is 20.4 Å². The molecule has 3 heterocycles. The van der Waals surface area contributed by atoms with E-state index in [0.717, 1.165) is 38.2 Å². The quantitative estimate of drug-likeness (QED) is 0.200. The minimum atomic E-state index is -0.367. The Morgan fingerprint density at radius 2 is 1.88 bits per heavy atom.